The van der Waals surface area contributed by atoms with Crippen LogP contribution in [-0.2, 0) is 11.3 Å². The number of amides is 1. The van der Waals surface area contributed by atoms with Crippen LogP contribution >= 0.6 is 11.3 Å². The van der Waals surface area contributed by atoms with Crippen LogP contribution < -0.4 is 10.2 Å². The summed E-state index contributed by atoms with van der Waals surface area (Å²) in [7, 11) is 1.58. The van der Waals surface area contributed by atoms with Crippen LogP contribution in [0.25, 0.3) is 0 Å². The first-order valence-corrected chi connectivity index (χ1v) is 7.88. The highest BCUT2D eigenvalue weighted by Gasteiger charge is 2.17. The van der Waals surface area contributed by atoms with Crippen molar-refractivity contribution in [2.75, 3.05) is 20.3 Å². The molecule has 0 bridgehead atoms. The van der Waals surface area contributed by atoms with Crippen molar-refractivity contribution in [3.05, 3.63) is 55.6 Å². The minimum atomic E-state index is -0.222. The maximum atomic E-state index is 12.2. The first-order chi connectivity index (χ1) is 10.5. The molecule has 2 rings (SSSR count). The molecule has 1 amide bonds. The Kier molecular flexibility index (Phi) is 5.51. The van der Waals surface area contributed by atoms with E-state index in [1.165, 1.54) is 0 Å². The maximum Gasteiger partial charge on any atom is 0.308 e. The van der Waals surface area contributed by atoms with Gasteiger partial charge in [-0.05, 0) is 25.0 Å². The van der Waals surface area contributed by atoms with E-state index in [4.69, 9.17) is 4.74 Å². The maximum absolute atomic E-state index is 12.2. The number of thiazole rings is 1. The largest absolute Gasteiger partial charge is 0.383 e. The van der Waals surface area contributed by atoms with Gasteiger partial charge in [-0.25, -0.2) is 0 Å². The number of carbonyl (C=O) groups is 1. The van der Waals surface area contributed by atoms with Crippen molar-refractivity contribution in [2.24, 2.45) is 0 Å². The lowest BCUT2D eigenvalue weighted by molar-refractivity contribution is 0.0940. The van der Waals surface area contributed by atoms with Gasteiger partial charge in [0, 0.05) is 19.3 Å². The molecule has 1 N–H and O–H groups in total. The Morgan fingerprint density at radius 2 is 2.05 bits per heavy atom. The summed E-state index contributed by atoms with van der Waals surface area (Å²) in [6.45, 7) is 5.18. The minimum absolute atomic E-state index is 0.113. The van der Waals surface area contributed by atoms with Gasteiger partial charge in [-0.15, -0.1) is 0 Å². The third-order valence-corrected chi connectivity index (χ3v) is 4.61. The second kappa shape index (κ2) is 7.38. The minimum Gasteiger partial charge on any atom is -0.383 e. The second-order valence-corrected chi connectivity index (χ2v) is 6.01. The van der Waals surface area contributed by atoms with Crippen LogP contribution in [-0.4, -0.2) is 30.7 Å². The average molecular weight is 320 g/mol. The fourth-order valence-corrected chi connectivity index (χ4v) is 3.08. The van der Waals surface area contributed by atoms with E-state index in [2.05, 4.69) is 5.32 Å². The summed E-state index contributed by atoms with van der Waals surface area (Å²) in [5.74, 6) is -0.222. The molecule has 22 heavy (non-hydrogen) atoms. The lowest BCUT2D eigenvalue weighted by atomic mass is 10.1. The summed E-state index contributed by atoms with van der Waals surface area (Å²) < 4.78 is 6.55. The van der Waals surface area contributed by atoms with E-state index >= 15 is 0 Å². The van der Waals surface area contributed by atoms with E-state index in [-0.39, 0.29) is 10.8 Å². The lowest BCUT2D eigenvalue weighted by Gasteiger charge is -2.08. The van der Waals surface area contributed by atoms with E-state index < -0.39 is 0 Å². The van der Waals surface area contributed by atoms with Gasteiger partial charge in [-0.3, -0.25) is 14.2 Å². The van der Waals surface area contributed by atoms with Crippen LogP contribution in [0.1, 0.15) is 26.5 Å². The zero-order chi connectivity index (χ0) is 16.1. The highest BCUT2D eigenvalue weighted by molar-refractivity contribution is 7.11. The molecule has 0 saturated carbocycles. The normalized spacial score (nSPS) is 10.7. The van der Waals surface area contributed by atoms with Gasteiger partial charge in [-0.1, -0.05) is 35.6 Å². The van der Waals surface area contributed by atoms with Crippen molar-refractivity contribution in [3.8, 4) is 0 Å². The summed E-state index contributed by atoms with van der Waals surface area (Å²) in [6.07, 6.45) is 0. The number of ether oxygens (including phenoxy) is 1. The molecule has 118 valence electrons. The quantitative estimate of drug-likeness (QED) is 0.828. The van der Waals surface area contributed by atoms with Crippen molar-refractivity contribution in [2.45, 2.75) is 20.4 Å². The smallest absolute Gasteiger partial charge is 0.308 e. The molecule has 0 fully saturated rings. The summed E-state index contributed by atoms with van der Waals surface area (Å²) in [5.41, 5.74) is 2.91. The molecule has 0 atom stereocenters. The Morgan fingerprint density at radius 1 is 1.32 bits per heavy atom. The van der Waals surface area contributed by atoms with Gasteiger partial charge >= 0.3 is 4.87 Å². The van der Waals surface area contributed by atoms with Crippen molar-refractivity contribution in [1.82, 2.24) is 9.88 Å². The molecule has 1 aromatic heterocycles. The monoisotopic (exact) mass is 320 g/mol. The number of methoxy groups -OCH3 is 1. The Balaban J connectivity index is 2.22. The molecular formula is C16H20N2O3S. The van der Waals surface area contributed by atoms with Gasteiger partial charge in [-0.2, -0.15) is 0 Å². The number of hydrogen-bond acceptors (Lipinski definition) is 4. The number of aromatic nitrogens is 1. The molecule has 1 aromatic carbocycles. The van der Waals surface area contributed by atoms with E-state index in [0.29, 0.717) is 30.3 Å². The molecule has 0 spiro atoms. The van der Waals surface area contributed by atoms with Gasteiger partial charge in [0.1, 0.15) is 4.88 Å². The van der Waals surface area contributed by atoms with Crippen LogP contribution in [0.4, 0.5) is 0 Å². The molecule has 0 radical (unpaired) electrons. The van der Waals surface area contributed by atoms with Crippen LogP contribution in [0.2, 0.25) is 0 Å². The molecular weight excluding hydrogens is 300 g/mol. The molecule has 0 aliphatic carbocycles. The van der Waals surface area contributed by atoms with Crippen LogP contribution in [0.5, 0.6) is 0 Å². The third-order valence-electron chi connectivity index (χ3n) is 3.53. The number of nitrogens with zero attached hydrogens (tertiary/aromatic N) is 1. The molecule has 1 heterocycles. The molecule has 6 heteroatoms. The molecule has 0 aliphatic rings. The van der Waals surface area contributed by atoms with Gasteiger partial charge in [0.25, 0.3) is 5.91 Å². The zero-order valence-electron chi connectivity index (χ0n) is 13.0. The average Bonchev–Trinajstić information content (AvgIpc) is 2.78. The highest BCUT2D eigenvalue weighted by atomic mass is 32.1. The molecule has 2 aromatic rings. The number of rotatable bonds is 6. The van der Waals surface area contributed by atoms with E-state index in [1.54, 1.807) is 18.6 Å². The summed E-state index contributed by atoms with van der Waals surface area (Å²) in [5, 5.41) is 2.75. The topological polar surface area (TPSA) is 60.3 Å². The predicted molar refractivity (Wildman–Crippen MR) is 87.8 cm³/mol. The van der Waals surface area contributed by atoms with Gasteiger partial charge in [0.05, 0.1) is 13.2 Å². The number of nitrogens with one attached hydrogen (secondary N) is 1. The Hall–Kier alpha value is -1.92. The Labute approximate surface area is 133 Å². The van der Waals surface area contributed by atoms with Gasteiger partial charge < -0.3 is 10.1 Å². The Bertz CT molecular complexity index is 718. The lowest BCUT2D eigenvalue weighted by Crippen LogP contribution is -2.27. The standard InChI is InChI=1S/C16H20N2O3S/c1-11-6-4-5-7-13(11)10-18-12(2)14(22-16(18)20)15(19)17-8-9-21-3/h4-7H,8-10H2,1-3H3,(H,17,19). The van der Waals surface area contributed by atoms with Crippen LogP contribution in [0.15, 0.2) is 29.1 Å². The molecule has 0 saturated heterocycles. The molecule has 0 aliphatic heterocycles. The number of carbonyl (C=O) groups excluding carboxylic acids is 1. The summed E-state index contributed by atoms with van der Waals surface area (Å²) in [6, 6.07) is 7.93. The number of hydrogen-bond donors (Lipinski definition) is 1. The van der Waals surface area contributed by atoms with Crippen molar-refractivity contribution >= 4 is 17.2 Å². The first-order valence-electron chi connectivity index (χ1n) is 7.06. The molecule has 5 nitrogen and oxygen atoms in total. The second-order valence-electron chi connectivity index (χ2n) is 5.04. The van der Waals surface area contributed by atoms with Crippen LogP contribution in [0.3, 0.4) is 0 Å². The fraction of sp³-hybridized carbons (Fsp3) is 0.375. The third kappa shape index (κ3) is 3.64. The van der Waals surface area contributed by atoms with Crippen molar-refractivity contribution in [1.29, 1.82) is 0 Å². The summed E-state index contributed by atoms with van der Waals surface area (Å²) in [4.78, 5) is 24.7. The van der Waals surface area contributed by atoms with Crippen molar-refractivity contribution in [3.63, 3.8) is 0 Å². The Morgan fingerprint density at radius 3 is 2.73 bits per heavy atom. The SMILES string of the molecule is COCCNC(=O)c1sc(=O)n(Cc2ccccc2C)c1C. The van der Waals surface area contributed by atoms with Crippen molar-refractivity contribution < 1.29 is 9.53 Å². The van der Waals surface area contributed by atoms with Crippen LogP contribution in [0, 0.1) is 13.8 Å². The van der Waals surface area contributed by atoms with Gasteiger partial charge in [0.2, 0.25) is 0 Å². The number of benzene rings is 1. The fourth-order valence-electron chi connectivity index (χ4n) is 2.17. The van der Waals surface area contributed by atoms with E-state index in [1.807, 2.05) is 31.2 Å². The first kappa shape index (κ1) is 16.5. The summed E-state index contributed by atoms with van der Waals surface area (Å²) >= 11 is 0.987. The predicted octanol–water partition coefficient (Wildman–Crippen LogP) is 1.95. The number of aryl methyl sites for hydroxylation is 1. The highest BCUT2D eigenvalue weighted by Crippen LogP contribution is 2.15. The van der Waals surface area contributed by atoms with Gasteiger partial charge in [0.15, 0.2) is 0 Å². The van der Waals surface area contributed by atoms with E-state index in [0.717, 1.165) is 22.5 Å². The zero-order valence-corrected chi connectivity index (χ0v) is 13.8. The molecule has 0 unspecified atom stereocenters. The van der Waals surface area contributed by atoms with E-state index in [9.17, 15) is 9.59 Å².